The van der Waals surface area contributed by atoms with Gasteiger partial charge in [-0.15, -0.1) is 0 Å². The van der Waals surface area contributed by atoms with Gasteiger partial charge in [0.1, 0.15) is 16.9 Å². The fourth-order valence-electron chi connectivity index (χ4n) is 2.75. The smallest absolute Gasteiger partial charge is 0.351 e. The molecule has 0 bridgehead atoms. The highest BCUT2D eigenvalue weighted by Crippen LogP contribution is 2.28. The van der Waals surface area contributed by atoms with Gasteiger partial charge in [0.25, 0.3) is 0 Å². The molecule has 2 aromatic rings. The Balaban J connectivity index is 2.35. The molecule has 5 heteroatoms. The summed E-state index contributed by atoms with van der Waals surface area (Å²) in [5, 5.41) is 10.8. The molecule has 0 aliphatic heterocycles. The van der Waals surface area contributed by atoms with Crippen molar-refractivity contribution in [1.29, 1.82) is 0 Å². The van der Waals surface area contributed by atoms with Gasteiger partial charge in [0.2, 0.25) is 0 Å². The highest BCUT2D eigenvalue weighted by atomic mass is 16.5. The fourth-order valence-corrected chi connectivity index (χ4v) is 2.75. The molecule has 1 aromatic carbocycles. The number of phenolic OH excluding ortho intramolecular Hbond substituents is 1. The number of ether oxygens (including phenoxy) is 1. The van der Waals surface area contributed by atoms with E-state index in [0.717, 1.165) is 12.8 Å². The van der Waals surface area contributed by atoms with Gasteiger partial charge in [-0.3, -0.25) is 0 Å². The van der Waals surface area contributed by atoms with Crippen molar-refractivity contribution in [2.45, 2.75) is 47.0 Å². The first-order valence-corrected chi connectivity index (χ1v) is 9.08. The number of phenols is 1. The van der Waals surface area contributed by atoms with E-state index in [-0.39, 0.29) is 17.9 Å². The zero-order valence-electron chi connectivity index (χ0n) is 16.3. The van der Waals surface area contributed by atoms with E-state index in [1.807, 2.05) is 13.0 Å². The van der Waals surface area contributed by atoms with Crippen molar-refractivity contribution < 1.29 is 19.1 Å². The van der Waals surface area contributed by atoms with Crippen molar-refractivity contribution in [1.82, 2.24) is 0 Å². The Morgan fingerprint density at radius 2 is 1.96 bits per heavy atom. The maximum absolute atomic E-state index is 12.2. The summed E-state index contributed by atoms with van der Waals surface area (Å²) in [5.41, 5.74) is 2.39. The average molecular weight is 370 g/mol. The van der Waals surface area contributed by atoms with E-state index in [4.69, 9.17) is 9.15 Å². The van der Waals surface area contributed by atoms with Crippen molar-refractivity contribution in [3.05, 3.63) is 63.0 Å². The Bertz CT molecular complexity index is 943. The Morgan fingerprint density at radius 3 is 2.63 bits per heavy atom. The predicted octanol–water partition coefficient (Wildman–Crippen LogP) is 4.91. The van der Waals surface area contributed by atoms with Gasteiger partial charge in [-0.1, -0.05) is 23.3 Å². The fraction of sp³-hybridized carbons (Fsp3) is 0.364. The first-order valence-electron chi connectivity index (χ1n) is 9.08. The number of carbonyl (C=O) groups is 1. The Hall–Kier alpha value is -2.82. The number of hydrogen-bond donors (Lipinski definition) is 1. The third kappa shape index (κ3) is 5.33. The molecule has 0 saturated carbocycles. The third-order valence-corrected chi connectivity index (χ3v) is 4.22. The van der Waals surface area contributed by atoms with Gasteiger partial charge in [-0.25, -0.2) is 9.59 Å². The summed E-state index contributed by atoms with van der Waals surface area (Å²) < 4.78 is 10.2. The molecule has 144 valence electrons. The Labute approximate surface area is 159 Å². The van der Waals surface area contributed by atoms with Crippen LogP contribution in [0.1, 0.15) is 56.5 Å². The van der Waals surface area contributed by atoms with Gasteiger partial charge in [0, 0.05) is 10.9 Å². The third-order valence-electron chi connectivity index (χ3n) is 4.22. The Kier molecular flexibility index (Phi) is 6.99. The van der Waals surface area contributed by atoms with E-state index in [0.29, 0.717) is 23.0 Å². The maximum Gasteiger partial charge on any atom is 0.351 e. The number of rotatable bonds is 7. The molecule has 2 rings (SSSR count). The van der Waals surface area contributed by atoms with Crippen molar-refractivity contribution in [2.75, 3.05) is 6.61 Å². The minimum Gasteiger partial charge on any atom is -0.508 e. The molecule has 27 heavy (non-hydrogen) atoms. The molecule has 1 heterocycles. The summed E-state index contributed by atoms with van der Waals surface area (Å²) in [6.45, 7) is 8.02. The summed E-state index contributed by atoms with van der Waals surface area (Å²) in [7, 11) is 0. The van der Waals surface area contributed by atoms with E-state index < -0.39 is 11.6 Å². The monoisotopic (exact) mass is 370 g/mol. The van der Waals surface area contributed by atoms with E-state index in [9.17, 15) is 14.7 Å². The van der Waals surface area contributed by atoms with Crippen LogP contribution in [-0.2, 0) is 11.2 Å². The topological polar surface area (TPSA) is 76.7 Å². The van der Waals surface area contributed by atoms with Crippen LogP contribution in [-0.4, -0.2) is 17.7 Å². The second kappa shape index (κ2) is 9.21. The molecule has 1 aromatic heterocycles. The van der Waals surface area contributed by atoms with Gasteiger partial charge in [-0.05, 0) is 65.2 Å². The summed E-state index contributed by atoms with van der Waals surface area (Å²) in [6, 6.07) is 4.61. The quantitative estimate of drug-likeness (QED) is 0.426. The van der Waals surface area contributed by atoms with Crippen molar-refractivity contribution >= 4 is 16.9 Å². The van der Waals surface area contributed by atoms with Crippen LogP contribution >= 0.6 is 0 Å². The molecule has 1 N–H and O–H groups in total. The molecule has 5 nitrogen and oxygen atoms in total. The first-order chi connectivity index (χ1) is 12.8. The molecule has 0 amide bonds. The summed E-state index contributed by atoms with van der Waals surface area (Å²) in [5.74, 6) is -0.652. The molecule has 0 fully saturated rings. The minimum absolute atomic E-state index is 0.0582. The zero-order chi connectivity index (χ0) is 20.0. The molecule has 0 atom stereocenters. The SMILES string of the molecule is CCOC(=O)c1cc2ccc(O)c(CC=C(C)CCC=C(C)C)c2oc1=O. The van der Waals surface area contributed by atoms with Gasteiger partial charge in [0.05, 0.1) is 6.61 Å². The predicted molar refractivity (Wildman–Crippen MR) is 106 cm³/mol. The molecule has 0 unspecified atom stereocenters. The van der Waals surface area contributed by atoms with E-state index in [1.165, 1.54) is 17.2 Å². The van der Waals surface area contributed by atoms with Gasteiger partial charge in [0.15, 0.2) is 0 Å². The van der Waals surface area contributed by atoms with Crippen LogP contribution in [0, 0.1) is 0 Å². The average Bonchev–Trinajstić information content (AvgIpc) is 2.60. The van der Waals surface area contributed by atoms with Crippen molar-refractivity contribution in [3.63, 3.8) is 0 Å². The number of carbonyl (C=O) groups excluding carboxylic acids is 1. The molecule has 0 aliphatic rings. The molecule has 0 spiro atoms. The van der Waals surface area contributed by atoms with E-state index in [2.05, 4.69) is 19.9 Å². The van der Waals surface area contributed by atoms with Crippen LogP contribution in [0.25, 0.3) is 11.0 Å². The highest BCUT2D eigenvalue weighted by molar-refractivity contribution is 5.93. The normalized spacial score (nSPS) is 11.5. The summed E-state index contributed by atoms with van der Waals surface area (Å²) in [6.07, 6.45) is 6.53. The molecule has 0 aliphatic carbocycles. The lowest BCUT2D eigenvalue weighted by Crippen LogP contribution is -2.16. The number of esters is 1. The van der Waals surface area contributed by atoms with Gasteiger partial charge >= 0.3 is 11.6 Å². The van der Waals surface area contributed by atoms with Crippen molar-refractivity contribution in [3.8, 4) is 5.75 Å². The maximum atomic E-state index is 12.2. The lowest BCUT2D eigenvalue weighted by molar-refractivity contribution is 0.0522. The summed E-state index contributed by atoms with van der Waals surface area (Å²) in [4.78, 5) is 24.1. The van der Waals surface area contributed by atoms with Crippen LogP contribution in [0.4, 0.5) is 0 Å². The summed E-state index contributed by atoms with van der Waals surface area (Å²) >= 11 is 0. The number of allylic oxidation sites excluding steroid dienone is 4. The first kappa shape index (κ1) is 20.5. The largest absolute Gasteiger partial charge is 0.508 e. The molecule has 0 radical (unpaired) electrons. The number of benzene rings is 1. The molecule has 0 saturated heterocycles. The van der Waals surface area contributed by atoms with E-state index in [1.54, 1.807) is 19.1 Å². The van der Waals surface area contributed by atoms with Crippen LogP contribution in [0.5, 0.6) is 5.75 Å². The second-order valence-corrected chi connectivity index (χ2v) is 6.72. The molecular formula is C22H26O5. The van der Waals surface area contributed by atoms with Crippen LogP contribution < -0.4 is 5.63 Å². The van der Waals surface area contributed by atoms with E-state index >= 15 is 0 Å². The van der Waals surface area contributed by atoms with Crippen LogP contribution in [0.15, 0.2) is 50.7 Å². The minimum atomic E-state index is -0.767. The second-order valence-electron chi connectivity index (χ2n) is 6.72. The Morgan fingerprint density at radius 1 is 1.22 bits per heavy atom. The van der Waals surface area contributed by atoms with Crippen molar-refractivity contribution in [2.24, 2.45) is 0 Å². The standard InChI is InChI=1S/C22H26O5/c1-5-26-21(24)18-13-16-10-12-19(23)17(20(16)27-22(18)25)11-9-15(4)8-6-7-14(2)3/h7,9-10,12-13,23H,5-6,8,11H2,1-4H3. The van der Waals surface area contributed by atoms with Crippen LogP contribution in [0.3, 0.4) is 0 Å². The molecular weight excluding hydrogens is 344 g/mol. The number of fused-ring (bicyclic) bond motifs is 1. The van der Waals surface area contributed by atoms with Gasteiger partial charge in [-0.2, -0.15) is 0 Å². The highest BCUT2D eigenvalue weighted by Gasteiger charge is 2.17. The number of hydrogen-bond acceptors (Lipinski definition) is 5. The van der Waals surface area contributed by atoms with Gasteiger partial charge < -0.3 is 14.3 Å². The lowest BCUT2D eigenvalue weighted by atomic mass is 10.0. The zero-order valence-corrected chi connectivity index (χ0v) is 16.3. The number of aromatic hydroxyl groups is 1. The lowest BCUT2D eigenvalue weighted by Gasteiger charge is -2.08. The van der Waals surface area contributed by atoms with Crippen LogP contribution in [0.2, 0.25) is 0 Å².